The molecule has 1 atom stereocenters. The van der Waals surface area contributed by atoms with Gasteiger partial charge in [-0.05, 0) is 31.9 Å². The summed E-state index contributed by atoms with van der Waals surface area (Å²) in [4.78, 5) is 39.5. The Balaban J connectivity index is 1.55. The molecule has 0 radical (unpaired) electrons. The Morgan fingerprint density at radius 3 is 2.93 bits per heavy atom. The average Bonchev–Trinajstić information content (AvgIpc) is 3.42. The number of hydrogen-bond acceptors (Lipinski definition) is 6. The van der Waals surface area contributed by atoms with Crippen molar-refractivity contribution in [2.45, 2.75) is 25.8 Å². The number of pyridine rings is 1. The molecule has 4 rings (SSSR count). The van der Waals surface area contributed by atoms with Gasteiger partial charge in [0.15, 0.2) is 5.13 Å². The fraction of sp³-hybridized carbons (Fsp3) is 0.278. The van der Waals surface area contributed by atoms with Crippen LogP contribution in [-0.4, -0.2) is 48.9 Å². The minimum absolute atomic E-state index is 0.360. The molecule has 1 aliphatic rings. The molecule has 3 amide bonds. The second kappa shape index (κ2) is 7.39. The molecule has 0 bridgehead atoms. The van der Waals surface area contributed by atoms with E-state index in [1.165, 1.54) is 16.2 Å². The standard InChI is InChI=1S/C18H19N7O2S/c1-11-15(12-4-2-6-14(22-12)24-9-7-20-10-24)28-17(21-11)23-18(27)25-8-3-5-13(25)16(19)26/h2,4,6-7,9-10,13H,3,5,8H2,1H3,(H2,19,26)(H,21,23,27)/t13-/m0/s1. The molecule has 28 heavy (non-hydrogen) atoms. The number of nitrogens with one attached hydrogen (secondary N) is 1. The first-order valence-electron chi connectivity index (χ1n) is 8.83. The number of amides is 3. The molecule has 0 aliphatic carbocycles. The van der Waals surface area contributed by atoms with Crippen molar-refractivity contribution in [3.05, 3.63) is 42.6 Å². The monoisotopic (exact) mass is 397 g/mol. The maximum absolute atomic E-state index is 12.5. The number of rotatable bonds is 4. The number of anilines is 1. The highest BCUT2D eigenvalue weighted by molar-refractivity contribution is 7.19. The van der Waals surface area contributed by atoms with Crippen molar-refractivity contribution in [2.75, 3.05) is 11.9 Å². The van der Waals surface area contributed by atoms with Gasteiger partial charge in [-0.25, -0.2) is 19.7 Å². The lowest BCUT2D eigenvalue weighted by Gasteiger charge is -2.21. The molecule has 9 nitrogen and oxygen atoms in total. The van der Waals surface area contributed by atoms with Crippen LogP contribution in [-0.2, 0) is 4.79 Å². The highest BCUT2D eigenvalue weighted by Crippen LogP contribution is 2.32. The first-order valence-corrected chi connectivity index (χ1v) is 9.64. The Morgan fingerprint density at radius 1 is 1.32 bits per heavy atom. The van der Waals surface area contributed by atoms with Gasteiger partial charge in [0.2, 0.25) is 5.91 Å². The lowest BCUT2D eigenvalue weighted by atomic mass is 10.2. The summed E-state index contributed by atoms with van der Waals surface area (Å²) in [6.45, 7) is 2.38. The van der Waals surface area contributed by atoms with Gasteiger partial charge in [-0.2, -0.15) is 0 Å². The van der Waals surface area contributed by atoms with Crippen molar-refractivity contribution in [1.29, 1.82) is 0 Å². The third kappa shape index (κ3) is 3.46. The summed E-state index contributed by atoms with van der Waals surface area (Å²) >= 11 is 1.34. The quantitative estimate of drug-likeness (QED) is 0.699. The average molecular weight is 397 g/mol. The number of carbonyl (C=O) groups is 2. The van der Waals surface area contributed by atoms with E-state index in [9.17, 15) is 9.59 Å². The van der Waals surface area contributed by atoms with Gasteiger partial charge in [-0.1, -0.05) is 17.4 Å². The number of carbonyl (C=O) groups excluding carboxylic acids is 2. The molecule has 0 aromatic carbocycles. The third-order valence-corrected chi connectivity index (χ3v) is 5.68. The van der Waals surface area contributed by atoms with E-state index in [4.69, 9.17) is 5.73 Å². The Hall–Kier alpha value is -3.27. The molecule has 3 N–H and O–H groups in total. The van der Waals surface area contributed by atoms with E-state index < -0.39 is 11.9 Å². The molecule has 0 saturated carbocycles. The van der Waals surface area contributed by atoms with Crippen LogP contribution in [0.2, 0.25) is 0 Å². The number of primary amides is 1. The molecule has 0 spiro atoms. The van der Waals surface area contributed by atoms with E-state index in [1.54, 1.807) is 12.5 Å². The summed E-state index contributed by atoms with van der Waals surface area (Å²) < 4.78 is 1.82. The number of aryl methyl sites for hydroxylation is 1. The molecule has 4 heterocycles. The van der Waals surface area contributed by atoms with Crippen LogP contribution in [0.1, 0.15) is 18.5 Å². The zero-order valence-corrected chi connectivity index (χ0v) is 16.0. The van der Waals surface area contributed by atoms with Crippen molar-refractivity contribution in [1.82, 2.24) is 24.4 Å². The van der Waals surface area contributed by atoms with Crippen molar-refractivity contribution < 1.29 is 9.59 Å². The molecule has 10 heteroatoms. The molecular weight excluding hydrogens is 378 g/mol. The van der Waals surface area contributed by atoms with Crippen molar-refractivity contribution in [3.8, 4) is 16.4 Å². The molecule has 0 unspecified atom stereocenters. The second-order valence-electron chi connectivity index (χ2n) is 6.47. The summed E-state index contributed by atoms with van der Waals surface area (Å²) in [5.41, 5.74) is 6.92. The Morgan fingerprint density at radius 2 is 2.18 bits per heavy atom. The minimum Gasteiger partial charge on any atom is -0.368 e. The Labute approximate surface area is 165 Å². The number of urea groups is 1. The smallest absolute Gasteiger partial charge is 0.324 e. The number of imidazole rings is 1. The van der Waals surface area contributed by atoms with Gasteiger partial charge in [0, 0.05) is 18.9 Å². The molecule has 1 aliphatic heterocycles. The van der Waals surface area contributed by atoms with Gasteiger partial charge in [0.25, 0.3) is 0 Å². The van der Waals surface area contributed by atoms with Crippen LogP contribution >= 0.6 is 11.3 Å². The van der Waals surface area contributed by atoms with Crippen LogP contribution < -0.4 is 11.1 Å². The minimum atomic E-state index is -0.561. The molecule has 3 aromatic heterocycles. The molecule has 144 valence electrons. The fourth-order valence-corrected chi connectivity index (χ4v) is 4.17. The van der Waals surface area contributed by atoms with Gasteiger partial charge in [-0.15, -0.1) is 0 Å². The summed E-state index contributed by atoms with van der Waals surface area (Å²) in [5.74, 6) is 0.263. The normalized spacial score (nSPS) is 16.3. The number of thiazole rings is 1. The van der Waals surface area contributed by atoms with Gasteiger partial charge in [0.05, 0.1) is 16.3 Å². The zero-order chi connectivity index (χ0) is 19.7. The highest BCUT2D eigenvalue weighted by Gasteiger charge is 2.33. The van der Waals surface area contributed by atoms with Crippen LogP contribution in [0.25, 0.3) is 16.4 Å². The predicted molar refractivity (Wildman–Crippen MR) is 105 cm³/mol. The van der Waals surface area contributed by atoms with Gasteiger partial charge < -0.3 is 10.6 Å². The lowest BCUT2D eigenvalue weighted by Crippen LogP contribution is -2.45. The van der Waals surface area contributed by atoms with E-state index >= 15 is 0 Å². The van der Waals surface area contributed by atoms with Crippen molar-refractivity contribution in [3.63, 3.8) is 0 Å². The highest BCUT2D eigenvalue weighted by atomic mass is 32.1. The molecule has 1 saturated heterocycles. The van der Waals surface area contributed by atoms with Crippen LogP contribution in [0.3, 0.4) is 0 Å². The summed E-state index contributed by atoms with van der Waals surface area (Å²) in [6, 6.07) is 4.78. The van der Waals surface area contributed by atoms with E-state index in [2.05, 4.69) is 20.3 Å². The Bertz CT molecular complexity index is 1010. The summed E-state index contributed by atoms with van der Waals surface area (Å²) in [6.07, 6.45) is 6.55. The SMILES string of the molecule is Cc1nc(NC(=O)N2CCC[C@H]2C(N)=O)sc1-c1cccc(-n2ccnc2)n1. The van der Waals surface area contributed by atoms with Crippen LogP contribution in [0.15, 0.2) is 36.9 Å². The fourth-order valence-electron chi connectivity index (χ4n) is 3.24. The molecular formula is C18H19N7O2S. The van der Waals surface area contributed by atoms with E-state index in [1.807, 2.05) is 35.9 Å². The van der Waals surface area contributed by atoms with E-state index in [0.29, 0.717) is 18.1 Å². The van der Waals surface area contributed by atoms with Crippen LogP contribution in [0.5, 0.6) is 0 Å². The predicted octanol–water partition coefficient (Wildman–Crippen LogP) is 2.18. The molecule has 3 aromatic rings. The maximum atomic E-state index is 12.5. The maximum Gasteiger partial charge on any atom is 0.324 e. The van der Waals surface area contributed by atoms with E-state index in [0.717, 1.165) is 28.5 Å². The van der Waals surface area contributed by atoms with Gasteiger partial charge in [0.1, 0.15) is 18.2 Å². The number of nitrogens with zero attached hydrogens (tertiary/aromatic N) is 5. The number of likely N-dealkylation sites (tertiary alicyclic amines) is 1. The van der Waals surface area contributed by atoms with E-state index in [-0.39, 0.29) is 6.03 Å². The second-order valence-corrected chi connectivity index (χ2v) is 7.47. The first-order chi connectivity index (χ1) is 13.5. The molecule has 1 fully saturated rings. The van der Waals surface area contributed by atoms with Crippen LogP contribution in [0.4, 0.5) is 9.93 Å². The Kier molecular flexibility index (Phi) is 4.78. The van der Waals surface area contributed by atoms with Crippen molar-refractivity contribution >= 4 is 28.4 Å². The third-order valence-electron chi connectivity index (χ3n) is 4.59. The van der Waals surface area contributed by atoms with Gasteiger partial charge >= 0.3 is 6.03 Å². The number of nitrogens with two attached hydrogens (primary N) is 1. The summed E-state index contributed by atoms with van der Waals surface area (Å²) in [7, 11) is 0. The first kappa shape index (κ1) is 18.1. The van der Waals surface area contributed by atoms with Gasteiger partial charge in [-0.3, -0.25) is 14.7 Å². The zero-order valence-electron chi connectivity index (χ0n) is 15.2. The van der Waals surface area contributed by atoms with Crippen LogP contribution in [0, 0.1) is 6.92 Å². The van der Waals surface area contributed by atoms with Crippen molar-refractivity contribution in [2.24, 2.45) is 5.73 Å². The largest absolute Gasteiger partial charge is 0.368 e. The lowest BCUT2D eigenvalue weighted by molar-refractivity contribution is -0.121. The number of aromatic nitrogens is 4. The number of hydrogen-bond donors (Lipinski definition) is 2. The summed E-state index contributed by atoms with van der Waals surface area (Å²) in [5, 5.41) is 3.25. The topological polar surface area (TPSA) is 119 Å².